The van der Waals surface area contributed by atoms with Gasteiger partial charge in [-0.1, -0.05) is 35.9 Å². The van der Waals surface area contributed by atoms with Gasteiger partial charge in [0.15, 0.2) is 5.70 Å². The van der Waals surface area contributed by atoms with Gasteiger partial charge in [0.05, 0.1) is 5.97 Å². The van der Waals surface area contributed by atoms with Crippen LogP contribution in [0.4, 0.5) is 0 Å². The van der Waals surface area contributed by atoms with Crippen molar-refractivity contribution in [3.63, 3.8) is 0 Å². The third-order valence-electron chi connectivity index (χ3n) is 3.01. The first-order chi connectivity index (χ1) is 11.0. The minimum Gasteiger partial charge on any atom is -0.545 e. The van der Waals surface area contributed by atoms with Gasteiger partial charge >= 0.3 is 5.97 Å². The molecular weight excluding hydrogens is 320 g/mol. The van der Waals surface area contributed by atoms with E-state index in [0.717, 1.165) is 0 Å². The number of carboxylic acid groups (broad SMARTS) is 1. The zero-order chi connectivity index (χ0) is 16.4. The molecule has 0 amide bonds. The van der Waals surface area contributed by atoms with Crippen LogP contribution in [-0.4, -0.2) is 22.8 Å². The van der Waals surface area contributed by atoms with E-state index in [2.05, 4.69) is 9.98 Å². The molecule has 0 unspecified atom stereocenters. The second kappa shape index (κ2) is 6.02. The van der Waals surface area contributed by atoms with Crippen LogP contribution in [0, 0.1) is 0 Å². The highest BCUT2D eigenvalue weighted by molar-refractivity contribution is 6.31. The Kier molecular flexibility index (Phi) is 3.91. The fraction of sp³-hybridized carbons (Fsp3) is 0. The molecule has 0 bridgehead atoms. The van der Waals surface area contributed by atoms with E-state index >= 15 is 0 Å². The maximum atomic E-state index is 11.9. The lowest BCUT2D eigenvalue weighted by molar-refractivity contribution is -0.255. The number of benzene rings is 1. The van der Waals surface area contributed by atoms with E-state index < -0.39 is 11.9 Å². The van der Waals surface area contributed by atoms with Crippen LogP contribution in [0.25, 0.3) is 6.08 Å². The van der Waals surface area contributed by atoms with Crippen LogP contribution in [0.15, 0.2) is 53.3 Å². The maximum Gasteiger partial charge on any atom is 0.363 e. The molecule has 1 aromatic heterocycles. The molecule has 1 aliphatic heterocycles. The van der Waals surface area contributed by atoms with Gasteiger partial charge in [-0.05, 0) is 29.3 Å². The Hall–Kier alpha value is -2.99. The predicted molar refractivity (Wildman–Crippen MR) is 80.6 cm³/mol. The molecule has 0 atom stereocenters. The summed E-state index contributed by atoms with van der Waals surface area (Å²) in [4.78, 5) is 30.7. The second-order valence-corrected chi connectivity index (χ2v) is 5.04. The van der Waals surface area contributed by atoms with Crippen molar-refractivity contribution in [1.29, 1.82) is 0 Å². The number of rotatable bonds is 3. The molecule has 0 saturated heterocycles. The fourth-order valence-corrected chi connectivity index (χ4v) is 2.07. The average Bonchev–Trinajstić information content (AvgIpc) is 2.89. The third-order valence-corrected chi connectivity index (χ3v) is 3.25. The van der Waals surface area contributed by atoms with Crippen LogP contribution < -0.4 is 5.11 Å². The van der Waals surface area contributed by atoms with E-state index in [0.29, 0.717) is 16.3 Å². The maximum absolute atomic E-state index is 11.9. The molecule has 0 N–H and O–H groups in total. The molecule has 3 rings (SSSR count). The van der Waals surface area contributed by atoms with Gasteiger partial charge in [-0.3, -0.25) is 4.98 Å². The van der Waals surface area contributed by atoms with Gasteiger partial charge in [0.25, 0.3) is 0 Å². The van der Waals surface area contributed by atoms with Crippen LogP contribution in [0.5, 0.6) is 0 Å². The van der Waals surface area contributed by atoms with Crippen LogP contribution in [0.1, 0.15) is 21.6 Å². The van der Waals surface area contributed by atoms with Crippen LogP contribution in [-0.2, 0) is 9.53 Å². The summed E-state index contributed by atoms with van der Waals surface area (Å²) in [7, 11) is 0. The summed E-state index contributed by atoms with van der Waals surface area (Å²) in [6.07, 6.45) is 2.97. The SMILES string of the molecule is O=C1OC(c2cc(Cl)ccn2)=N/C1=C\c1ccc(C(=O)[O-])cc1. The van der Waals surface area contributed by atoms with Gasteiger partial charge < -0.3 is 14.6 Å². The number of carbonyl (C=O) groups is 2. The van der Waals surface area contributed by atoms with Gasteiger partial charge in [0.1, 0.15) is 5.69 Å². The molecular formula is C16H8ClN2O4-. The number of nitrogens with zero attached hydrogens (tertiary/aromatic N) is 2. The molecule has 7 heteroatoms. The summed E-state index contributed by atoms with van der Waals surface area (Å²) in [5.41, 5.74) is 1.09. The zero-order valence-corrected chi connectivity index (χ0v) is 12.3. The summed E-state index contributed by atoms with van der Waals surface area (Å²) in [6.45, 7) is 0. The van der Waals surface area contributed by atoms with E-state index in [1.807, 2.05) is 0 Å². The van der Waals surface area contributed by atoms with Crippen molar-refractivity contribution in [2.45, 2.75) is 0 Å². The molecule has 2 heterocycles. The molecule has 1 aliphatic rings. The number of hydrogen-bond acceptors (Lipinski definition) is 6. The van der Waals surface area contributed by atoms with Gasteiger partial charge in [0.2, 0.25) is 5.90 Å². The van der Waals surface area contributed by atoms with E-state index in [9.17, 15) is 14.7 Å². The molecule has 1 aromatic carbocycles. The van der Waals surface area contributed by atoms with Crippen molar-refractivity contribution < 1.29 is 19.4 Å². The number of ether oxygens (including phenoxy) is 1. The molecule has 0 fully saturated rings. The van der Waals surface area contributed by atoms with E-state index in [-0.39, 0.29) is 17.2 Å². The summed E-state index contributed by atoms with van der Waals surface area (Å²) < 4.78 is 5.07. The van der Waals surface area contributed by atoms with Gasteiger partial charge in [0, 0.05) is 11.2 Å². The highest BCUT2D eigenvalue weighted by Gasteiger charge is 2.25. The molecule has 23 heavy (non-hydrogen) atoms. The van der Waals surface area contributed by atoms with Crippen molar-refractivity contribution in [3.8, 4) is 0 Å². The number of aromatic nitrogens is 1. The first-order valence-electron chi connectivity index (χ1n) is 6.49. The first kappa shape index (κ1) is 14.9. The normalized spacial score (nSPS) is 15.4. The van der Waals surface area contributed by atoms with Crippen molar-refractivity contribution in [2.75, 3.05) is 0 Å². The van der Waals surface area contributed by atoms with Gasteiger partial charge in [-0.2, -0.15) is 0 Å². The minimum atomic E-state index is -1.27. The molecule has 2 aromatic rings. The number of aromatic carboxylic acids is 1. The molecule has 114 valence electrons. The lowest BCUT2D eigenvalue weighted by Gasteiger charge is -2.01. The minimum absolute atomic E-state index is 0.0495. The lowest BCUT2D eigenvalue weighted by Crippen LogP contribution is -2.21. The summed E-state index contributed by atoms with van der Waals surface area (Å²) in [5.74, 6) is -1.82. The van der Waals surface area contributed by atoms with Crippen molar-refractivity contribution in [1.82, 2.24) is 4.98 Å². The lowest BCUT2D eigenvalue weighted by atomic mass is 10.1. The molecule has 0 spiro atoms. The van der Waals surface area contributed by atoms with E-state index in [4.69, 9.17) is 16.3 Å². The van der Waals surface area contributed by atoms with E-state index in [1.165, 1.54) is 42.6 Å². The van der Waals surface area contributed by atoms with Crippen molar-refractivity contribution in [2.24, 2.45) is 4.99 Å². The number of aliphatic imine (C=N–C) groups is 1. The topological polar surface area (TPSA) is 91.7 Å². The Labute approximate surface area is 135 Å². The average molecular weight is 328 g/mol. The Morgan fingerprint density at radius 3 is 2.61 bits per heavy atom. The first-order valence-corrected chi connectivity index (χ1v) is 6.86. The standard InChI is InChI=1S/C16H9ClN2O4/c17-11-5-6-18-12(8-11)14-19-13(16(22)23-14)7-9-1-3-10(4-2-9)15(20)21/h1-8H,(H,20,21)/p-1/b13-7-. The summed E-state index contributed by atoms with van der Waals surface area (Å²) >= 11 is 5.86. The van der Waals surface area contributed by atoms with Crippen LogP contribution >= 0.6 is 11.6 Å². The monoisotopic (exact) mass is 327 g/mol. The Morgan fingerprint density at radius 1 is 1.22 bits per heavy atom. The highest BCUT2D eigenvalue weighted by Crippen LogP contribution is 2.19. The zero-order valence-electron chi connectivity index (χ0n) is 11.5. The van der Waals surface area contributed by atoms with Crippen LogP contribution in [0.2, 0.25) is 5.02 Å². The van der Waals surface area contributed by atoms with Crippen LogP contribution in [0.3, 0.4) is 0 Å². The molecule has 0 aliphatic carbocycles. The predicted octanol–water partition coefficient (Wildman–Crippen LogP) is 1.44. The Balaban J connectivity index is 1.90. The van der Waals surface area contributed by atoms with Crippen molar-refractivity contribution in [3.05, 3.63) is 70.1 Å². The number of hydrogen-bond donors (Lipinski definition) is 0. The number of esters is 1. The van der Waals surface area contributed by atoms with Gasteiger partial charge in [-0.15, -0.1) is 0 Å². The number of cyclic esters (lactones) is 1. The fourth-order valence-electron chi connectivity index (χ4n) is 1.91. The second-order valence-electron chi connectivity index (χ2n) is 4.60. The largest absolute Gasteiger partial charge is 0.545 e. The summed E-state index contributed by atoms with van der Waals surface area (Å²) in [6, 6.07) is 8.96. The summed E-state index contributed by atoms with van der Waals surface area (Å²) in [5, 5.41) is 11.1. The number of halogens is 1. The quantitative estimate of drug-likeness (QED) is 0.628. The third kappa shape index (κ3) is 3.27. The number of carbonyl (C=O) groups excluding carboxylic acids is 2. The molecule has 0 radical (unpaired) electrons. The van der Waals surface area contributed by atoms with E-state index in [1.54, 1.807) is 6.07 Å². The number of pyridine rings is 1. The molecule has 6 nitrogen and oxygen atoms in total. The Morgan fingerprint density at radius 2 is 1.96 bits per heavy atom. The molecule has 0 saturated carbocycles. The Bertz CT molecular complexity index is 857. The number of carboxylic acids is 1. The van der Waals surface area contributed by atoms with Crippen molar-refractivity contribution >= 4 is 35.5 Å². The smallest absolute Gasteiger partial charge is 0.363 e. The van der Waals surface area contributed by atoms with Gasteiger partial charge in [-0.25, -0.2) is 9.79 Å². The highest BCUT2D eigenvalue weighted by atomic mass is 35.5.